The Hall–Kier alpha value is -2.90. The summed E-state index contributed by atoms with van der Waals surface area (Å²) < 4.78 is 8.40. The maximum absolute atomic E-state index is 13.1. The van der Waals surface area contributed by atoms with E-state index in [1.807, 2.05) is 71.6 Å². The maximum Gasteiger partial charge on any atom is 0.266 e. The number of carbonyl (C=O) groups is 1. The van der Waals surface area contributed by atoms with Gasteiger partial charge in [0.15, 0.2) is 0 Å². The molecule has 188 valence electrons. The molecule has 7 heteroatoms. The Kier molecular flexibility index (Phi) is 9.36. The van der Waals surface area contributed by atoms with Crippen molar-refractivity contribution in [3.63, 3.8) is 0 Å². The third-order valence-corrected chi connectivity index (χ3v) is 7.43. The van der Waals surface area contributed by atoms with Gasteiger partial charge in [-0.1, -0.05) is 81.7 Å². The van der Waals surface area contributed by atoms with E-state index in [0.717, 1.165) is 54.1 Å². The van der Waals surface area contributed by atoms with Gasteiger partial charge in [-0.3, -0.25) is 9.69 Å². The fourth-order valence-corrected chi connectivity index (χ4v) is 5.31. The molecule has 4 rings (SSSR count). The molecule has 1 saturated heterocycles. The number of benzene rings is 2. The number of nitrogens with zero attached hydrogens (tertiary/aromatic N) is 3. The van der Waals surface area contributed by atoms with Gasteiger partial charge in [0.05, 0.1) is 22.9 Å². The van der Waals surface area contributed by atoms with E-state index in [2.05, 4.69) is 13.8 Å². The quantitative estimate of drug-likeness (QED) is 0.141. The molecular formula is C29H33N3O2S2. The van der Waals surface area contributed by atoms with Crippen molar-refractivity contribution in [2.75, 3.05) is 13.2 Å². The molecule has 5 nitrogen and oxygen atoms in total. The van der Waals surface area contributed by atoms with Gasteiger partial charge in [-0.2, -0.15) is 5.10 Å². The van der Waals surface area contributed by atoms with Crippen LogP contribution in [0, 0.1) is 0 Å². The molecule has 3 aromatic rings. The number of para-hydroxylation sites is 1. The number of thioether (sulfide) groups is 1. The van der Waals surface area contributed by atoms with Gasteiger partial charge in [0.25, 0.3) is 5.91 Å². The zero-order chi connectivity index (χ0) is 25.3. The summed E-state index contributed by atoms with van der Waals surface area (Å²) in [6, 6.07) is 18.0. The lowest BCUT2D eigenvalue weighted by molar-refractivity contribution is -0.122. The number of aromatic nitrogens is 2. The van der Waals surface area contributed by atoms with E-state index >= 15 is 0 Å². The lowest BCUT2D eigenvalue weighted by Crippen LogP contribution is -2.28. The van der Waals surface area contributed by atoms with E-state index in [0.29, 0.717) is 15.8 Å². The Bertz CT molecular complexity index is 1200. The van der Waals surface area contributed by atoms with Crippen molar-refractivity contribution < 1.29 is 9.53 Å². The lowest BCUT2D eigenvalue weighted by atomic mass is 10.1. The first-order valence-corrected chi connectivity index (χ1v) is 14.0. The molecule has 1 aliphatic rings. The van der Waals surface area contributed by atoms with Gasteiger partial charge >= 0.3 is 0 Å². The summed E-state index contributed by atoms with van der Waals surface area (Å²) in [4.78, 5) is 15.4. The number of ether oxygens (including phenoxy) is 1. The second-order valence-corrected chi connectivity index (χ2v) is 10.5. The van der Waals surface area contributed by atoms with Crippen LogP contribution in [0.15, 0.2) is 65.7 Å². The molecule has 1 fully saturated rings. The van der Waals surface area contributed by atoms with E-state index < -0.39 is 0 Å². The van der Waals surface area contributed by atoms with Crippen molar-refractivity contribution in [2.24, 2.45) is 0 Å². The zero-order valence-electron chi connectivity index (χ0n) is 21.0. The minimum Gasteiger partial charge on any atom is -0.494 e. The smallest absolute Gasteiger partial charge is 0.266 e. The van der Waals surface area contributed by atoms with Crippen molar-refractivity contribution in [3.05, 3.63) is 71.3 Å². The third kappa shape index (κ3) is 6.45. The molecule has 0 aliphatic carbocycles. The molecule has 2 aromatic carbocycles. The van der Waals surface area contributed by atoms with Crippen LogP contribution in [0.2, 0.25) is 0 Å². The van der Waals surface area contributed by atoms with Crippen molar-refractivity contribution in [3.8, 4) is 22.7 Å². The standard InChI is InChI=1S/C29H33N3O2S2/c1-3-5-7-11-19-34-25-16-14-22(15-17-25)27-23(21-32(30-27)24-12-9-8-10-13-24)20-26-28(33)31(18-6-4-2)29(35)36-26/h8-10,12-17,20-21H,3-7,11,18-19H2,1-2H3/b26-20-. The molecule has 0 unspecified atom stereocenters. The molecule has 0 N–H and O–H groups in total. The number of carbonyl (C=O) groups excluding carboxylic acids is 1. The van der Waals surface area contributed by atoms with E-state index in [-0.39, 0.29) is 5.91 Å². The maximum atomic E-state index is 13.1. The molecular weight excluding hydrogens is 486 g/mol. The SMILES string of the molecule is CCCCCCOc1ccc(-c2nn(-c3ccccc3)cc2/C=C2\SC(=S)N(CCCC)C2=O)cc1. The molecule has 0 atom stereocenters. The molecule has 36 heavy (non-hydrogen) atoms. The summed E-state index contributed by atoms with van der Waals surface area (Å²) in [5.41, 5.74) is 3.62. The number of unbranched alkanes of at least 4 members (excludes halogenated alkanes) is 4. The average molecular weight is 520 g/mol. The predicted octanol–water partition coefficient (Wildman–Crippen LogP) is 7.50. The number of thiocarbonyl (C=S) groups is 1. The van der Waals surface area contributed by atoms with Gasteiger partial charge < -0.3 is 4.74 Å². The first-order valence-electron chi connectivity index (χ1n) is 12.7. The van der Waals surface area contributed by atoms with Gasteiger partial charge in [-0.25, -0.2) is 4.68 Å². The summed E-state index contributed by atoms with van der Waals surface area (Å²) in [6.07, 6.45) is 10.6. The largest absolute Gasteiger partial charge is 0.494 e. The monoisotopic (exact) mass is 519 g/mol. The Morgan fingerprint density at radius 3 is 2.44 bits per heavy atom. The first-order chi connectivity index (χ1) is 17.6. The van der Waals surface area contributed by atoms with Crippen LogP contribution < -0.4 is 4.74 Å². The van der Waals surface area contributed by atoms with Gasteiger partial charge in [0.2, 0.25) is 0 Å². The zero-order valence-corrected chi connectivity index (χ0v) is 22.6. The minimum atomic E-state index is -0.0244. The first kappa shape index (κ1) is 26.2. The third-order valence-electron chi connectivity index (χ3n) is 6.05. The van der Waals surface area contributed by atoms with Crippen molar-refractivity contribution in [1.29, 1.82) is 0 Å². The van der Waals surface area contributed by atoms with Crippen LogP contribution in [0.5, 0.6) is 5.75 Å². The Labute approximate surface area is 223 Å². The molecule has 0 bridgehead atoms. The van der Waals surface area contributed by atoms with Crippen molar-refractivity contribution >= 4 is 40.3 Å². The molecule has 0 radical (unpaired) electrons. The predicted molar refractivity (Wildman–Crippen MR) is 153 cm³/mol. The van der Waals surface area contributed by atoms with Crippen molar-refractivity contribution in [1.82, 2.24) is 14.7 Å². The van der Waals surface area contributed by atoms with Crippen LogP contribution in [-0.2, 0) is 4.79 Å². The Morgan fingerprint density at radius 1 is 0.972 bits per heavy atom. The number of hydrogen-bond donors (Lipinski definition) is 0. The highest BCUT2D eigenvalue weighted by molar-refractivity contribution is 8.26. The normalized spacial score (nSPS) is 14.7. The van der Waals surface area contributed by atoms with E-state index in [4.69, 9.17) is 22.1 Å². The fourth-order valence-electron chi connectivity index (χ4n) is 4.01. The van der Waals surface area contributed by atoms with Crippen LogP contribution >= 0.6 is 24.0 Å². The van der Waals surface area contributed by atoms with E-state index in [9.17, 15) is 4.79 Å². The fraction of sp³-hybridized carbons (Fsp3) is 0.345. The van der Waals surface area contributed by atoms with Gasteiger partial charge in [0.1, 0.15) is 10.1 Å². The molecule has 2 heterocycles. The minimum absolute atomic E-state index is 0.0244. The second-order valence-electron chi connectivity index (χ2n) is 8.83. The van der Waals surface area contributed by atoms with Crippen molar-refractivity contribution in [2.45, 2.75) is 52.4 Å². The summed E-state index contributed by atoms with van der Waals surface area (Å²) >= 11 is 6.86. The van der Waals surface area contributed by atoms with Crippen LogP contribution in [0.4, 0.5) is 0 Å². The van der Waals surface area contributed by atoms with Gasteiger partial charge in [-0.15, -0.1) is 0 Å². The van der Waals surface area contributed by atoms with Crippen LogP contribution in [-0.4, -0.2) is 38.1 Å². The van der Waals surface area contributed by atoms with E-state index in [1.54, 1.807) is 4.90 Å². The second kappa shape index (κ2) is 12.9. The molecule has 0 saturated carbocycles. The number of hydrogen-bond acceptors (Lipinski definition) is 5. The van der Waals surface area contributed by atoms with E-state index in [1.165, 1.54) is 31.0 Å². The summed E-state index contributed by atoms with van der Waals surface area (Å²) in [5, 5.41) is 4.90. The lowest BCUT2D eigenvalue weighted by Gasteiger charge is -2.12. The highest BCUT2D eigenvalue weighted by atomic mass is 32.2. The average Bonchev–Trinajstić information content (AvgIpc) is 3.44. The highest BCUT2D eigenvalue weighted by Crippen LogP contribution is 2.35. The number of rotatable bonds is 12. The topological polar surface area (TPSA) is 47.4 Å². The summed E-state index contributed by atoms with van der Waals surface area (Å²) in [7, 11) is 0. The van der Waals surface area contributed by atoms with Crippen LogP contribution in [0.1, 0.15) is 57.9 Å². The molecule has 0 spiro atoms. The summed E-state index contributed by atoms with van der Waals surface area (Å²) in [6.45, 7) is 5.71. The molecule has 1 aliphatic heterocycles. The molecule has 1 aromatic heterocycles. The highest BCUT2D eigenvalue weighted by Gasteiger charge is 2.31. The Balaban J connectivity index is 1.61. The number of amides is 1. The Morgan fingerprint density at radius 2 is 1.72 bits per heavy atom. The summed E-state index contributed by atoms with van der Waals surface area (Å²) in [5.74, 6) is 0.833. The molecule has 1 amide bonds. The van der Waals surface area contributed by atoms with Gasteiger partial charge in [-0.05, 0) is 55.3 Å². The van der Waals surface area contributed by atoms with Gasteiger partial charge in [0, 0.05) is 23.9 Å². The van der Waals surface area contributed by atoms with Crippen LogP contribution in [0.25, 0.3) is 23.0 Å². The van der Waals surface area contributed by atoms with Crippen LogP contribution in [0.3, 0.4) is 0 Å².